The van der Waals surface area contributed by atoms with Gasteiger partial charge in [0.25, 0.3) is 0 Å². The molecule has 2 aromatic rings. The minimum atomic E-state index is 0.857. The lowest BCUT2D eigenvalue weighted by Crippen LogP contribution is -2.13. The maximum Gasteiger partial charge on any atom is 0.0667 e. The molecule has 0 fully saturated rings. The smallest absolute Gasteiger partial charge is 0.0667 e. The summed E-state index contributed by atoms with van der Waals surface area (Å²) in [7, 11) is 0. The van der Waals surface area contributed by atoms with Gasteiger partial charge < -0.3 is 5.32 Å². The van der Waals surface area contributed by atoms with E-state index in [1.165, 1.54) is 33.5 Å². The average molecular weight is 271 g/mol. The molecule has 3 nitrogen and oxygen atoms in total. The number of aromatic nitrogens is 2. The molecule has 1 N–H and O–H groups in total. The number of nitrogens with one attached hydrogen (secondary N) is 1. The molecule has 0 unspecified atom stereocenters. The normalized spacial score (nSPS) is 11.1. The van der Waals surface area contributed by atoms with Gasteiger partial charge in [0.05, 0.1) is 12.7 Å². The summed E-state index contributed by atoms with van der Waals surface area (Å²) in [5.41, 5.74) is 7.96. The topological polar surface area (TPSA) is 29.9 Å². The summed E-state index contributed by atoms with van der Waals surface area (Å²) in [5, 5.41) is 7.90. The number of nitrogens with zero attached hydrogens (tertiary/aromatic N) is 2. The zero-order valence-corrected chi connectivity index (χ0v) is 13.2. The lowest BCUT2D eigenvalue weighted by molar-refractivity contribution is 0.654. The minimum absolute atomic E-state index is 0.857. The molecule has 0 aliphatic heterocycles. The van der Waals surface area contributed by atoms with Crippen molar-refractivity contribution in [3.63, 3.8) is 0 Å². The predicted octanol–water partition coefficient (Wildman–Crippen LogP) is 3.27. The van der Waals surface area contributed by atoms with E-state index in [2.05, 4.69) is 61.8 Å². The van der Waals surface area contributed by atoms with Crippen molar-refractivity contribution in [1.29, 1.82) is 0 Å². The fraction of sp³-hybridized carbons (Fsp3) is 0.471. The van der Waals surface area contributed by atoms with Crippen LogP contribution in [0.2, 0.25) is 0 Å². The van der Waals surface area contributed by atoms with Crippen LogP contribution in [0.15, 0.2) is 18.3 Å². The molecule has 0 radical (unpaired) electrons. The number of aryl methyl sites for hydroxylation is 3. The molecule has 0 aliphatic carbocycles. The van der Waals surface area contributed by atoms with E-state index in [0.717, 1.165) is 19.6 Å². The number of hydrogen-bond acceptors (Lipinski definition) is 2. The Balaban J connectivity index is 2.25. The van der Waals surface area contributed by atoms with Crippen LogP contribution in [0, 0.1) is 27.7 Å². The van der Waals surface area contributed by atoms with E-state index in [1.54, 1.807) is 0 Å². The van der Waals surface area contributed by atoms with Crippen LogP contribution in [0.1, 0.15) is 40.4 Å². The van der Waals surface area contributed by atoms with Gasteiger partial charge in [-0.2, -0.15) is 5.10 Å². The molecule has 0 bridgehead atoms. The number of benzene rings is 1. The molecule has 0 spiro atoms. The quantitative estimate of drug-likeness (QED) is 0.904. The first-order chi connectivity index (χ1) is 9.52. The third-order valence-electron chi connectivity index (χ3n) is 3.92. The summed E-state index contributed by atoms with van der Waals surface area (Å²) in [5.74, 6) is 0. The van der Waals surface area contributed by atoms with Gasteiger partial charge in [0.1, 0.15) is 0 Å². The van der Waals surface area contributed by atoms with Gasteiger partial charge in [0, 0.05) is 17.8 Å². The maximum atomic E-state index is 4.55. The van der Waals surface area contributed by atoms with Crippen molar-refractivity contribution in [2.75, 3.05) is 6.54 Å². The SMILES string of the molecule is CCNCc1cnn(Cc2c(C)cc(C)cc2C)c1C. The molecule has 3 heteroatoms. The molecule has 0 saturated carbocycles. The van der Waals surface area contributed by atoms with E-state index in [1.807, 2.05) is 6.20 Å². The van der Waals surface area contributed by atoms with Gasteiger partial charge in [0.2, 0.25) is 0 Å². The van der Waals surface area contributed by atoms with Crippen LogP contribution in [-0.4, -0.2) is 16.3 Å². The molecule has 1 aromatic heterocycles. The first kappa shape index (κ1) is 14.8. The Morgan fingerprint density at radius 2 is 1.75 bits per heavy atom. The van der Waals surface area contributed by atoms with Crippen molar-refractivity contribution in [2.45, 2.75) is 47.7 Å². The molecule has 0 amide bonds. The van der Waals surface area contributed by atoms with Crippen molar-refractivity contribution in [3.8, 4) is 0 Å². The van der Waals surface area contributed by atoms with E-state index in [-0.39, 0.29) is 0 Å². The summed E-state index contributed by atoms with van der Waals surface area (Å²) < 4.78 is 2.11. The second kappa shape index (κ2) is 6.23. The first-order valence-electron chi connectivity index (χ1n) is 7.31. The lowest BCUT2D eigenvalue weighted by atomic mass is 10.00. The Kier molecular flexibility index (Phi) is 4.61. The molecule has 20 heavy (non-hydrogen) atoms. The monoisotopic (exact) mass is 271 g/mol. The summed E-state index contributed by atoms with van der Waals surface area (Å²) in [6, 6.07) is 4.50. The zero-order valence-electron chi connectivity index (χ0n) is 13.2. The van der Waals surface area contributed by atoms with Crippen molar-refractivity contribution in [1.82, 2.24) is 15.1 Å². The molecule has 1 heterocycles. The Morgan fingerprint density at radius 3 is 2.35 bits per heavy atom. The van der Waals surface area contributed by atoms with Gasteiger partial charge in [-0.1, -0.05) is 24.6 Å². The van der Waals surface area contributed by atoms with E-state index >= 15 is 0 Å². The largest absolute Gasteiger partial charge is 0.313 e. The highest BCUT2D eigenvalue weighted by molar-refractivity contribution is 5.37. The highest BCUT2D eigenvalue weighted by atomic mass is 15.3. The first-order valence-corrected chi connectivity index (χ1v) is 7.31. The second-order valence-corrected chi connectivity index (χ2v) is 5.57. The predicted molar refractivity (Wildman–Crippen MR) is 84.1 cm³/mol. The zero-order chi connectivity index (χ0) is 14.7. The molecule has 0 saturated heterocycles. The van der Waals surface area contributed by atoms with Crippen molar-refractivity contribution in [3.05, 3.63) is 51.8 Å². The van der Waals surface area contributed by atoms with Crippen molar-refractivity contribution >= 4 is 0 Å². The van der Waals surface area contributed by atoms with Gasteiger partial charge in [-0.15, -0.1) is 0 Å². The molecule has 0 aliphatic rings. The highest BCUT2D eigenvalue weighted by Crippen LogP contribution is 2.19. The van der Waals surface area contributed by atoms with Crippen LogP contribution in [0.5, 0.6) is 0 Å². The standard InChI is InChI=1S/C17H25N3/c1-6-18-9-16-10-19-20(15(16)5)11-17-13(3)7-12(2)8-14(17)4/h7-8,10,18H,6,9,11H2,1-5H3. The Bertz CT molecular complexity index is 573. The van der Waals surface area contributed by atoms with E-state index < -0.39 is 0 Å². The number of rotatable bonds is 5. The van der Waals surface area contributed by atoms with Gasteiger partial charge in [0.15, 0.2) is 0 Å². The van der Waals surface area contributed by atoms with Crippen LogP contribution in [0.4, 0.5) is 0 Å². The second-order valence-electron chi connectivity index (χ2n) is 5.57. The fourth-order valence-electron chi connectivity index (χ4n) is 2.69. The van der Waals surface area contributed by atoms with E-state index in [0.29, 0.717) is 0 Å². The van der Waals surface area contributed by atoms with Crippen molar-refractivity contribution in [2.24, 2.45) is 0 Å². The maximum absolute atomic E-state index is 4.55. The van der Waals surface area contributed by atoms with Crippen LogP contribution >= 0.6 is 0 Å². The summed E-state index contributed by atoms with van der Waals surface area (Å²) in [4.78, 5) is 0. The Morgan fingerprint density at radius 1 is 1.10 bits per heavy atom. The Hall–Kier alpha value is -1.61. The van der Waals surface area contributed by atoms with Crippen LogP contribution in [0.3, 0.4) is 0 Å². The van der Waals surface area contributed by atoms with Gasteiger partial charge in [-0.05, 0) is 50.9 Å². The van der Waals surface area contributed by atoms with Gasteiger partial charge in [-0.25, -0.2) is 0 Å². The molecule has 2 rings (SSSR count). The van der Waals surface area contributed by atoms with Crippen LogP contribution in [0.25, 0.3) is 0 Å². The molecular weight excluding hydrogens is 246 g/mol. The molecule has 1 aromatic carbocycles. The van der Waals surface area contributed by atoms with Gasteiger partial charge >= 0.3 is 0 Å². The van der Waals surface area contributed by atoms with E-state index in [4.69, 9.17) is 0 Å². The van der Waals surface area contributed by atoms with Crippen LogP contribution < -0.4 is 5.32 Å². The van der Waals surface area contributed by atoms with E-state index in [9.17, 15) is 0 Å². The Labute approximate surface area is 122 Å². The van der Waals surface area contributed by atoms with Gasteiger partial charge in [-0.3, -0.25) is 4.68 Å². The summed E-state index contributed by atoms with van der Waals surface area (Å²) in [6.07, 6.45) is 1.98. The third-order valence-corrected chi connectivity index (χ3v) is 3.92. The molecule has 0 atom stereocenters. The molecule has 108 valence electrons. The average Bonchev–Trinajstić information content (AvgIpc) is 2.72. The summed E-state index contributed by atoms with van der Waals surface area (Å²) >= 11 is 0. The van der Waals surface area contributed by atoms with Crippen LogP contribution in [-0.2, 0) is 13.1 Å². The van der Waals surface area contributed by atoms with Crippen molar-refractivity contribution < 1.29 is 0 Å². The minimum Gasteiger partial charge on any atom is -0.313 e. The molecular formula is C17H25N3. The lowest BCUT2D eigenvalue weighted by Gasteiger charge is -2.13. The number of hydrogen-bond donors (Lipinski definition) is 1. The fourth-order valence-corrected chi connectivity index (χ4v) is 2.69. The summed E-state index contributed by atoms with van der Waals surface area (Å²) in [6.45, 7) is 13.5. The third kappa shape index (κ3) is 3.10. The highest BCUT2D eigenvalue weighted by Gasteiger charge is 2.09.